The number of ether oxygens (including phenoxy) is 2. The van der Waals surface area contributed by atoms with Crippen molar-refractivity contribution in [3.63, 3.8) is 0 Å². The number of hydrogen-bond acceptors (Lipinski definition) is 2. The Kier molecular flexibility index (Phi) is 6.69. The van der Waals surface area contributed by atoms with Crippen molar-refractivity contribution in [1.82, 2.24) is 0 Å². The Labute approximate surface area is 141 Å². The Morgan fingerprint density at radius 2 is 1.52 bits per heavy atom. The number of rotatable bonds is 4. The average molecular weight is 376 g/mol. The van der Waals surface area contributed by atoms with Gasteiger partial charge in [-0.15, -0.1) is 11.6 Å². The highest BCUT2D eigenvalue weighted by Gasteiger charge is 2.25. The molecule has 0 amide bonds. The molecule has 118 valence electrons. The summed E-state index contributed by atoms with van der Waals surface area (Å²) in [5, 5.41) is 0.0253. The maximum Gasteiger partial charge on any atom is 0.161 e. The van der Waals surface area contributed by atoms with Gasteiger partial charge in [0.15, 0.2) is 11.5 Å². The van der Waals surface area contributed by atoms with Gasteiger partial charge in [0.05, 0.1) is 19.6 Å². The highest BCUT2D eigenvalue weighted by Crippen LogP contribution is 2.43. The van der Waals surface area contributed by atoms with Gasteiger partial charge in [-0.2, -0.15) is 0 Å². The van der Waals surface area contributed by atoms with E-state index in [4.69, 9.17) is 21.1 Å². The lowest BCUT2D eigenvalue weighted by molar-refractivity contribution is 0.350. The minimum absolute atomic E-state index is 0.0253. The molecule has 0 bridgehead atoms. The van der Waals surface area contributed by atoms with Crippen molar-refractivity contribution >= 4 is 27.5 Å². The van der Waals surface area contributed by atoms with Crippen LogP contribution in [-0.4, -0.2) is 14.2 Å². The highest BCUT2D eigenvalue weighted by molar-refractivity contribution is 9.10. The molecule has 1 aliphatic rings. The maximum absolute atomic E-state index is 6.81. The second-order valence-corrected chi connectivity index (χ2v) is 7.06. The van der Waals surface area contributed by atoms with Gasteiger partial charge >= 0.3 is 0 Å². The molecule has 2 rings (SSSR count). The van der Waals surface area contributed by atoms with E-state index < -0.39 is 0 Å². The van der Waals surface area contributed by atoms with E-state index in [2.05, 4.69) is 15.9 Å². The Bertz CT molecular complexity index is 456. The maximum atomic E-state index is 6.81. The molecular formula is C17H24BrClO2. The zero-order chi connectivity index (χ0) is 15.2. The van der Waals surface area contributed by atoms with Crippen LogP contribution in [0, 0.1) is 5.92 Å². The molecule has 0 N–H and O–H groups in total. The van der Waals surface area contributed by atoms with Crippen molar-refractivity contribution in [3.05, 3.63) is 22.2 Å². The number of methoxy groups -OCH3 is 2. The smallest absolute Gasteiger partial charge is 0.161 e. The Morgan fingerprint density at radius 3 is 2.10 bits per heavy atom. The summed E-state index contributed by atoms with van der Waals surface area (Å²) in [4.78, 5) is 0. The fourth-order valence-corrected chi connectivity index (χ4v) is 4.25. The summed E-state index contributed by atoms with van der Waals surface area (Å²) in [5.41, 5.74) is 1.11. The molecule has 1 aliphatic carbocycles. The van der Waals surface area contributed by atoms with Crippen molar-refractivity contribution in [1.29, 1.82) is 0 Å². The van der Waals surface area contributed by atoms with E-state index in [0.717, 1.165) is 21.5 Å². The zero-order valence-corrected chi connectivity index (χ0v) is 15.2. The van der Waals surface area contributed by atoms with Gasteiger partial charge in [-0.05, 0) is 36.5 Å². The highest BCUT2D eigenvalue weighted by atomic mass is 79.9. The summed E-state index contributed by atoms with van der Waals surface area (Å²) in [6.07, 6.45) is 9.07. The first-order valence-electron chi connectivity index (χ1n) is 7.73. The standard InChI is InChI=1S/C17H24BrClO2/c1-20-15-10-13(14(18)11-16(15)21-2)17(19)12-8-6-4-3-5-7-9-12/h10-12,17H,3-9H2,1-2H3. The number of alkyl halides is 1. The van der Waals surface area contributed by atoms with Gasteiger partial charge in [0.1, 0.15) is 0 Å². The molecule has 1 saturated carbocycles. The summed E-state index contributed by atoms with van der Waals surface area (Å²) in [6.45, 7) is 0. The van der Waals surface area contributed by atoms with Crippen LogP contribution in [0.15, 0.2) is 16.6 Å². The van der Waals surface area contributed by atoms with E-state index in [1.807, 2.05) is 12.1 Å². The third kappa shape index (κ3) is 4.29. The van der Waals surface area contributed by atoms with Crippen molar-refractivity contribution < 1.29 is 9.47 Å². The number of benzene rings is 1. The fraction of sp³-hybridized carbons (Fsp3) is 0.647. The average Bonchev–Trinajstić information content (AvgIpc) is 2.46. The predicted molar refractivity (Wildman–Crippen MR) is 91.6 cm³/mol. The normalized spacial score (nSPS) is 18.7. The van der Waals surface area contributed by atoms with Crippen LogP contribution in [0.4, 0.5) is 0 Å². The second-order valence-electron chi connectivity index (χ2n) is 5.74. The quantitative estimate of drug-likeness (QED) is 0.591. The van der Waals surface area contributed by atoms with E-state index >= 15 is 0 Å². The second kappa shape index (κ2) is 8.28. The fourth-order valence-electron chi connectivity index (χ4n) is 3.12. The van der Waals surface area contributed by atoms with Gasteiger partial charge in [0.2, 0.25) is 0 Å². The first-order valence-corrected chi connectivity index (χ1v) is 8.95. The summed E-state index contributed by atoms with van der Waals surface area (Å²) in [6, 6.07) is 3.96. The molecule has 4 heteroatoms. The van der Waals surface area contributed by atoms with Crippen LogP contribution < -0.4 is 9.47 Å². The molecule has 1 aromatic rings. The molecule has 2 nitrogen and oxygen atoms in total. The molecule has 0 spiro atoms. The molecule has 0 saturated heterocycles. The van der Waals surface area contributed by atoms with Gasteiger partial charge in [0, 0.05) is 4.47 Å². The lowest BCUT2D eigenvalue weighted by Gasteiger charge is -2.26. The van der Waals surface area contributed by atoms with Crippen LogP contribution in [0.25, 0.3) is 0 Å². The van der Waals surface area contributed by atoms with Crippen LogP contribution in [0.2, 0.25) is 0 Å². The molecule has 0 aromatic heterocycles. The minimum atomic E-state index is 0.0253. The third-order valence-electron chi connectivity index (χ3n) is 4.36. The summed E-state index contributed by atoms with van der Waals surface area (Å²) >= 11 is 10.4. The molecule has 1 unspecified atom stereocenters. The number of hydrogen-bond donors (Lipinski definition) is 0. The van der Waals surface area contributed by atoms with E-state index in [-0.39, 0.29) is 5.38 Å². The molecule has 1 aromatic carbocycles. The Morgan fingerprint density at radius 1 is 1.00 bits per heavy atom. The van der Waals surface area contributed by atoms with Crippen LogP contribution in [0.5, 0.6) is 11.5 Å². The molecule has 21 heavy (non-hydrogen) atoms. The van der Waals surface area contributed by atoms with E-state index in [1.54, 1.807) is 14.2 Å². The molecule has 0 radical (unpaired) electrons. The minimum Gasteiger partial charge on any atom is -0.493 e. The molecule has 0 aliphatic heterocycles. The van der Waals surface area contributed by atoms with Crippen molar-refractivity contribution in [2.24, 2.45) is 5.92 Å². The molecular weight excluding hydrogens is 352 g/mol. The summed E-state index contributed by atoms with van der Waals surface area (Å²) < 4.78 is 11.7. The van der Waals surface area contributed by atoms with Gasteiger partial charge in [-0.3, -0.25) is 0 Å². The predicted octanol–water partition coefficient (Wildman–Crippen LogP) is 6.11. The SMILES string of the molecule is COc1cc(Br)c(C(Cl)C2CCCCCCC2)cc1OC. The molecule has 0 heterocycles. The van der Waals surface area contributed by atoms with Crippen LogP contribution in [-0.2, 0) is 0 Å². The third-order valence-corrected chi connectivity index (χ3v) is 5.64. The van der Waals surface area contributed by atoms with E-state index in [9.17, 15) is 0 Å². The van der Waals surface area contributed by atoms with E-state index in [1.165, 1.54) is 44.9 Å². The lowest BCUT2D eigenvalue weighted by atomic mass is 9.86. The molecule has 1 atom stereocenters. The lowest BCUT2D eigenvalue weighted by Crippen LogP contribution is -2.11. The monoisotopic (exact) mass is 374 g/mol. The Hall–Kier alpha value is -0.410. The largest absolute Gasteiger partial charge is 0.493 e. The van der Waals surface area contributed by atoms with Crippen LogP contribution >= 0.6 is 27.5 Å². The van der Waals surface area contributed by atoms with Gasteiger partial charge in [-0.1, -0.05) is 48.0 Å². The van der Waals surface area contributed by atoms with Gasteiger partial charge in [-0.25, -0.2) is 0 Å². The van der Waals surface area contributed by atoms with Gasteiger partial charge in [0.25, 0.3) is 0 Å². The van der Waals surface area contributed by atoms with Crippen LogP contribution in [0.1, 0.15) is 55.9 Å². The van der Waals surface area contributed by atoms with Gasteiger partial charge < -0.3 is 9.47 Å². The van der Waals surface area contributed by atoms with E-state index in [0.29, 0.717) is 5.92 Å². The first kappa shape index (κ1) is 17.0. The summed E-state index contributed by atoms with van der Waals surface area (Å²) in [5.74, 6) is 2.02. The van der Waals surface area contributed by atoms with Crippen molar-refractivity contribution in [2.45, 2.75) is 50.3 Å². The summed E-state index contributed by atoms with van der Waals surface area (Å²) in [7, 11) is 3.31. The zero-order valence-electron chi connectivity index (χ0n) is 12.8. The number of halogens is 2. The molecule has 1 fully saturated rings. The first-order chi connectivity index (χ1) is 10.2. The Balaban J connectivity index is 2.22. The van der Waals surface area contributed by atoms with Crippen LogP contribution in [0.3, 0.4) is 0 Å². The van der Waals surface area contributed by atoms with Crippen molar-refractivity contribution in [2.75, 3.05) is 14.2 Å². The topological polar surface area (TPSA) is 18.5 Å². The van der Waals surface area contributed by atoms with Crippen molar-refractivity contribution in [3.8, 4) is 11.5 Å².